The van der Waals surface area contributed by atoms with Crippen LogP contribution in [0.25, 0.3) is 0 Å². The average Bonchev–Trinajstić information content (AvgIpc) is 3.05. The van der Waals surface area contributed by atoms with Crippen LogP contribution in [0.1, 0.15) is 30.2 Å². The van der Waals surface area contributed by atoms with E-state index in [1.165, 1.54) is 21.8 Å². The van der Waals surface area contributed by atoms with Crippen molar-refractivity contribution in [2.24, 2.45) is 7.05 Å². The Hall–Kier alpha value is -2.35. The molecule has 0 radical (unpaired) electrons. The van der Waals surface area contributed by atoms with Crippen molar-refractivity contribution < 1.29 is 14.3 Å². The molecule has 0 saturated carbocycles. The second-order valence-electron chi connectivity index (χ2n) is 4.55. The Balaban J connectivity index is 2.18. The molecule has 2 heterocycles. The molecule has 1 N–H and O–H groups in total. The number of carbonyl (C=O) groups excluding carboxylic acids is 2. The molecule has 8 nitrogen and oxygen atoms in total. The second kappa shape index (κ2) is 6.61. The van der Waals surface area contributed by atoms with Gasteiger partial charge in [0.05, 0.1) is 24.0 Å². The fourth-order valence-electron chi connectivity index (χ4n) is 1.81. The number of nitrogens with one attached hydrogen (secondary N) is 1. The molecule has 22 heavy (non-hydrogen) atoms. The van der Waals surface area contributed by atoms with Gasteiger partial charge in [0.25, 0.3) is 0 Å². The summed E-state index contributed by atoms with van der Waals surface area (Å²) in [7, 11) is 1.62. The minimum absolute atomic E-state index is 0.198. The van der Waals surface area contributed by atoms with E-state index in [4.69, 9.17) is 16.3 Å². The summed E-state index contributed by atoms with van der Waals surface area (Å²) >= 11 is 5.79. The number of carbonyl (C=O) groups is 2. The molecule has 0 saturated heterocycles. The molecule has 2 aromatic heterocycles. The molecule has 1 unspecified atom stereocenters. The Morgan fingerprint density at radius 1 is 1.41 bits per heavy atom. The summed E-state index contributed by atoms with van der Waals surface area (Å²) in [5, 5.41) is 11.1. The van der Waals surface area contributed by atoms with Gasteiger partial charge in [-0.2, -0.15) is 10.2 Å². The lowest BCUT2D eigenvalue weighted by Crippen LogP contribution is -2.26. The standard InChI is InChI=1S/C13H16ClN5O3/c1-4-22-13(21)10-6-15-18(3)11(10)17-12(20)8(2)19-7-9(14)5-16-19/h5-8H,4H2,1-3H3,(H,17,20). The normalized spacial score (nSPS) is 12.0. The van der Waals surface area contributed by atoms with Gasteiger partial charge in [0.1, 0.15) is 17.4 Å². The van der Waals surface area contributed by atoms with Gasteiger partial charge < -0.3 is 10.1 Å². The van der Waals surface area contributed by atoms with Gasteiger partial charge in [0.2, 0.25) is 5.91 Å². The first kappa shape index (κ1) is 16.0. The number of aryl methyl sites for hydroxylation is 1. The number of anilines is 1. The highest BCUT2D eigenvalue weighted by Crippen LogP contribution is 2.18. The zero-order chi connectivity index (χ0) is 16.3. The van der Waals surface area contributed by atoms with Crippen molar-refractivity contribution in [1.82, 2.24) is 19.6 Å². The largest absolute Gasteiger partial charge is 0.462 e. The first-order chi connectivity index (χ1) is 10.4. The summed E-state index contributed by atoms with van der Waals surface area (Å²) in [4.78, 5) is 24.1. The summed E-state index contributed by atoms with van der Waals surface area (Å²) in [5.41, 5.74) is 0.198. The van der Waals surface area contributed by atoms with E-state index in [2.05, 4.69) is 15.5 Å². The third-order valence-corrected chi connectivity index (χ3v) is 3.22. The van der Waals surface area contributed by atoms with Crippen molar-refractivity contribution in [1.29, 1.82) is 0 Å². The fourth-order valence-corrected chi connectivity index (χ4v) is 1.96. The fraction of sp³-hybridized carbons (Fsp3) is 0.385. The van der Waals surface area contributed by atoms with E-state index in [1.807, 2.05) is 0 Å². The number of rotatable bonds is 5. The first-order valence-electron chi connectivity index (χ1n) is 6.63. The van der Waals surface area contributed by atoms with Crippen LogP contribution < -0.4 is 5.32 Å². The smallest absolute Gasteiger partial charge is 0.343 e. The molecular formula is C13H16ClN5O3. The number of hydrogen-bond acceptors (Lipinski definition) is 5. The van der Waals surface area contributed by atoms with Crippen molar-refractivity contribution in [3.8, 4) is 0 Å². The number of ether oxygens (including phenoxy) is 1. The van der Waals surface area contributed by atoms with E-state index in [9.17, 15) is 9.59 Å². The van der Waals surface area contributed by atoms with Crippen molar-refractivity contribution in [2.75, 3.05) is 11.9 Å². The van der Waals surface area contributed by atoms with Crippen LogP contribution in [0.4, 0.5) is 5.82 Å². The number of esters is 1. The first-order valence-corrected chi connectivity index (χ1v) is 7.01. The van der Waals surface area contributed by atoms with Gasteiger partial charge in [-0.05, 0) is 13.8 Å². The molecule has 1 amide bonds. The maximum absolute atomic E-state index is 12.3. The predicted molar refractivity (Wildman–Crippen MR) is 79.7 cm³/mol. The molecule has 0 aliphatic heterocycles. The number of nitrogens with zero attached hydrogens (tertiary/aromatic N) is 4. The molecule has 2 aromatic rings. The molecule has 1 atom stereocenters. The maximum Gasteiger partial charge on any atom is 0.343 e. The highest BCUT2D eigenvalue weighted by molar-refractivity contribution is 6.30. The van der Waals surface area contributed by atoms with Gasteiger partial charge in [-0.3, -0.25) is 14.2 Å². The van der Waals surface area contributed by atoms with E-state index < -0.39 is 12.0 Å². The second-order valence-corrected chi connectivity index (χ2v) is 4.99. The van der Waals surface area contributed by atoms with Crippen molar-refractivity contribution in [2.45, 2.75) is 19.9 Å². The number of halogens is 1. The monoisotopic (exact) mass is 325 g/mol. The zero-order valence-electron chi connectivity index (χ0n) is 12.4. The molecule has 9 heteroatoms. The highest BCUT2D eigenvalue weighted by Gasteiger charge is 2.22. The van der Waals surface area contributed by atoms with Gasteiger partial charge in [-0.15, -0.1) is 0 Å². The third kappa shape index (κ3) is 3.28. The lowest BCUT2D eigenvalue weighted by atomic mass is 10.3. The zero-order valence-corrected chi connectivity index (χ0v) is 13.2. The molecule has 0 spiro atoms. The lowest BCUT2D eigenvalue weighted by Gasteiger charge is -2.13. The Bertz CT molecular complexity index is 694. The van der Waals surface area contributed by atoms with Crippen LogP contribution in [0.3, 0.4) is 0 Å². The molecule has 2 rings (SSSR count). The van der Waals surface area contributed by atoms with Crippen molar-refractivity contribution >= 4 is 29.3 Å². The van der Waals surface area contributed by atoms with Crippen molar-refractivity contribution in [3.63, 3.8) is 0 Å². The molecule has 0 aliphatic rings. The van der Waals surface area contributed by atoms with Gasteiger partial charge in [-0.1, -0.05) is 11.6 Å². The lowest BCUT2D eigenvalue weighted by molar-refractivity contribution is -0.119. The van der Waals surface area contributed by atoms with Crippen molar-refractivity contribution in [3.05, 3.63) is 29.2 Å². The molecule has 118 valence electrons. The van der Waals surface area contributed by atoms with Gasteiger partial charge >= 0.3 is 5.97 Å². The summed E-state index contributed by atoms with van der Waals surface area (Å²) < 4.78 is 7.76. The van der Waals surface area contributed by atoms with E-state index in [0.29, 0.717) is 5.02 Å². The minimum atomic E-state index is -0.600. The number of aromatic nitrogens is 4. The number of hydrogen-bond donors (Lipinski definition) is 1. The summed E-state index contributed by atoms with van der Waals surface area (Å²) in [6, 6.07) is -0.600. The summed E-state index contributed by atoms with van der Waals surface area (Å²) in [6.07, 6.45) is 4.34. The minimum Gasteiger partial charge on any atom is -0.462 e. The summed E-state index contributed by atoms with van der Waals surface area (Å²) in [5.74, 6) is -0.622. The van der Waals surface area contributed by atoms with Crippen LogP contribution in [0.15, 0.2) is 18.6 Å². The van der Waals surface area contributed by atoms with E-state index in [1.54, 1.807) is 27.1 Å². The van der Waals surface area contributed by atoms with E-state index in [-0.39, 0.29) is 23.9 Å². The van der Waals surface area contributed by atoms with Crippen LogP contribution in [-0.4, -0.2) is 38.0 Å². The van der Waals surface area contributed by atoms with Crippen LogP contribution in [-0.2, 0) is 16.6 Å². The Morgan fingerprint density at radius 2 is 2.14 bits per heavy atom. The van der Waals surface area contributed by atoms with Crippen LogP contribution >= 0.6 is 11.6 Å². The Morgan fingerprint density at radius 3 is 2.73 bits per heavy atom. The Kier molecular flexibility index (Phi) is 4.81. The molecule has 0 aromatic carbocycles. The van der Waals surface area contributed by atoms with Crippen LogP contribution in [0.2, 0.25) is 5.02 Å². The van der Waals surface area contributed by atoms with E-state index >= 15 is 0 Å². The Labute approximate surface area is 132 Å². The SMILES string of the molecule is CCOC(=O)c1cnn(C)c1NC(=O)C(C)n1cc(Cl)cn1. The molecule has 0 bridgehead atoms. The van der Waals surface area contributed by atoms with Gasteiger partial charge in [-0.25, -0.2) is 4.79 Å². The van der Waals surface area contributed by atoms with Gasteiger partial charge in [0.15, 0.2) is 0 Å². The van der Waals surface area contributed by atoms with E-state index in [0.717, 1.165) is 0 Å². The third-order valence-electron chi connectivity index (χ3n) is 3.02. The van der Waals surface area contributed by atoms with Gasteiger partial charge in [0, 0.05) is 13.2 Å². The highest BCUT2D eigenvalue weighted by atomic mass is 35.5. The van der Waals surface area contributed by atoms with Crippen LogP contribution in [0.5, 0.6) is 0 Å². The summed E-state index contributed by atoms with van der Waals surface area (Å²) in [6.45, 7) is 3.61. The maximum atomic E-state index is 12.3. The quantitative estimate of drug-likeness (QED) is 0.844. The van der Waals surface area contributed by atoms with Crippen LogP contribution in [0, 0.1) is 0 Å². The molecule has 0 fully saturated rings. The topological polar surface area (TPSA) is 91.0 Å². The molecule has 0 aliphatic carbocycles. The molecular weight excluding hydrogens is 310 g/mol. The number of amides is 1. The average molecular weight is 326 g/mol. The predicted octanol–water partition coefficient (Wildman–Crippen LogP) is 1.65.